The van der Waals surface area contributed by atoms with E-state index in [2.05, 4.69) is 20.6 Å². The van der Waals surface area contributed by atoms with E-state index in [0.29, 0.717) is 43.4 Å². The number of carbonyl (C=O) groups excluding carboxylic acids is 2. The highest BCUT2D eigenvalue weighted by Gasteiger charge is 2.22. The van der Waals surface area contributed by atoms with E-state index in [1.165, 1.54) is 17.3 Å². The normalized spacial score (nSPS) is 14.0. The van der Waals surface area contributed by atoms with Crippen molar-refractivity contribution in [3.63, 3.8) is 0 Å². The molecule has 3 N–H and O–H groups in total. The number of rotatable bonds is 4. The van der Waals surface area contributed by atoms with Gasteiger partial charge in [0.1, 0.15) is 17.1 Å². The van der Waals surface area contributed by atoms with Gasteiger partial charge < -0.3 is 25.0 Å². The van der Waals surface area contributed by atoms with Crippen LogP contribution in [0.1, 0.15) is 31.3 Å². The second kappa shape index (κ2) is 9.50. The SMILES string of the molecule is CC(C)(C)OC(=O)Nc1ccccc1NC(=O)c1cnc(N2CCN(C(=O)O)CC2)cn1. The highest BCUT2D eigenvalue weighted by molar-refractivity contribution is 6.05. The Kier molecular flexibility index (Phi) is 6.76. The van der Waals surface area contributed by atoms with Crippen LogP contribution in [-0.4, -0.2) is 69.8 Å². The van der Waals surface area contributed by atoms with E-state index in [1.807, 2.05) is 4.90 Å². The number of carboxylic acid groups (broad SMARTS) is 1. The Morgan fingerprint density at radius 1 is 0.969 bits per heavy atom. The second-order valence-corrected chi connectivity index (χ2v) is 8.14. The zero-order chi connectivity index (χ0) is 23.3. The van der Waals surface area contributed by atoms with Crippen molar-refractivity contribution in [3.05, 3.63) is 42.4 Å². The first kappa shape index (κ1) is 22.8. The third-order valence-electron chi connectivity index (χ3n) is 4.56. The number of nitrogens with one attached hydrogen (secondary N) is 2. The molecule has 1 saturated heterocycles. The van der Waals surface area contributed by atoms with E-state index < -0.39 is 23.7 Å². The molecule has 2 heterocycles. The van der Waals surface area contributed by atoms with Crippen LogP contribution >= 0.6 is 0 Å². The molecule has 170 valence electrons. The van der Waals surface area contributed by atoms with Gasteiger partial charge in [-0.15, -0.1) is 0 Å². The Bertz CT molecular complexity index is 981. The molecule has 0 atom stereocenters. The lowest BCUT2D eigenvalue weighted by molar-refractivity contribution is 0.0635. The first-order valence-corrected chi connectivity index (χ1v) is 10.1. The van der Waals surface area contributed by atoms with Gasteiger partial charge in [0, 0.05) is 26.2 Å². The topological polar surface area (TPSA) is 137 Å². The number of ether oxygens (including phenoxy) is 1. The quantitative estimate of drug-likeness (QED) is 0.657. The van der Waals surface area contributed by atoms with Gasteiger partial charge in [0.05, 0.1) is 23.8 Å². The van der Waals surface area contributed by atoms with Crippen molar-refractivity contribution in [1.29, 1.82) is 0 Å². The molecule has 0 bridgehead atoms. The Hall–Kier alpha value is -3.89. The predicted molar refractivity (Wildman–Crippen MR) is 118 cm³/mol. The summed E-state index contributed by atoms with van der Waals surface area (Å²) in [6.07, 6.45) is 1.27. The van der Waals surface area contributed by atoms with Crippen molar-refractivity contribution in [3.8, 4) is 0 Å². The minimum Gasteiger partial charge on any atom is -0.465 e. The van der Waals surface area contributed by atoms with Crippen molar-refractivity contribution in [2.24, 2.45) is 0 Å². The van der Waals surface area contributed by atoms with Gasteiger partial charge in [-0.1, -0.05) is 12.1 Å². The lowest BCUT2D eigenvalue weighted by Gasteiger charge is -2.33. The molecule has 0 aliphatic carbocycles. The molecule has 0 radical (unpaired) electrons. The molecule has 0 saturated carbocycles. The fourth-order valence-corrected chi connectivity index (χ4v) is 3.03. The van der Waals surface area contributed by atoms with E-state index in [0.717, 1.165) is 0 Å². The molecule has 1 fully saturated rings. The summed E-state index contributed by atoms with van der Waals surface area (Å²) in [5, 5.41) is 14.4. The average molecular weight is 442 g/mol. The zero-order valence-corrected chi connectivity index (χ0v) is 18.2. The third-order valence-corrected chi connectivity index (χ3v) is 4.56. The van der Waals surface area contributed by atoms with Crippen LogP contribution in [0.5, 0.6) is 0 Å². The maximum Gasteiger partial charge on any atom is 0.412 e. The smallest absolute Gasteiger partial charge is 0.412 e. The van der Waals surface area contributed by atoms with E-state index in [-0.39, 0.29) is 5.69 Å². The number of hydrogen-bond donors (Lipinski definition) is 3. The highest BCUT2D eigenvalue weighted by Crippen LogP contribution is 2.23. The molecule has 1 aliphatic rings. The maximum atomic E-state index is 12.6. The number of hydrogen-bond acceptors (Lipinski definition) is 7. The third kappa shape index (κ3) is 6.06. The van der Waals surface area contributed by atoms with Crippen LogP contribution in [0.2, 0.25) is 0 Å². The number of aromatic nitrogens is 2. The minimum atomic E-state index is -0.941. The summed E-state index contributed by atoms with van der Waals surface area (Å²) in [6, 6.07) is 6.74. The Morgan fingerprint density at radius 2 is 1.59 bits per heavy atom. The van der Waals surface area contributed by atoms with E-state index in [1.54, 1.807) is 45.0 Å². The van der Waals surface area contributed by atoms with Gasteiger partial charge in [0.15, 0.2) is 0 Å². The molecule has 1 aromatic carbocycles. The van der Waals surface area contributed by atoms with Gasteiger partial charge >= 0.3 is 12.2 Å². The van der Waals surface area contributed by atoms with Crippen molar-refractivity contribution >= 4 is 35.3 Å². The molecule has 0 spiro atoms. The van der Waals surface area contributed by atoms with Crippen LogP contribution in [0.15, 0.2) is 36.7 Å². The summed E-state index contributed by atoms with van der Waals surface area (Å²) < 4.78 is 5.25. The highest BCUT2D eigenvalue weighted by atomic mass is 16.6. The molecule has 2 aromatic rings. The standard InChI is InChI=1S/C21H26N6O5/c1-21(2,3)32-19(29)25-15-7-5-4-6-14(15)24-18(28)16-12-23-17(13-22-16)26-8-10-27(11-9-26)20(30)31/h4-7,12-13H,8-11H2,1-3H3,(H,24,28)(H,25,29)(H,30,31). The minimum absolute atomic E-state index is 0.102. The molecule has 0 unspecified atom stereocenters. The molecular weight excluding hydrogens is 416 g/mol. The van der Waals surface area contributed by atoms with Crippen LogP contribution in [-0.2, 0) is 4.74 Å². The lowest BCUT2D eigenvalue weighted by atomic mass is 10.2. The van der Waals surface area contributed by atoms with Gasteiger partial charge in [-0.3, -0.25) is 10.1 Å². The van der Waals surface area contributed by atoms with E-state index in [9.17, 15) is 14.4 Å². The van der Waals surface area contributed by atoms with Gasteiger partial charge in [-0.05, 0) is 32.9 Å². The van der Waals surface area contributed by atoms with Gasteiger partial charge in [-0.2, -0.15) is 0 Å². The number of carbonyl (C=O) groups is 3. The Labute approximate surface area is 185 Å². The number of benzene rings is 1. The van der Waals surface area contributed by atoms with Crippen LogP contribution in [0.25, 0.3) is 0 Å². The number of para-hydroxylation sites is 2. The van der Waals surface area contributed by atoms with Crippen molar-refractivity contribution in [1.82, 2.24) is 14.9 Å². The molecule has 11 heteroatoms. The number of nitrogens with zero attached hydrogens (tertiary/aromatic N) is 4. The largest absolute Gasteiger partial charge is 0.465 e. The number of amides is 3. The van der Waals surface area contributed by atoms with Crippen LogP contribution in [0, 0.1) is 0 Å². The Morgan fingerprint density at radius 3 is 2.12 bits per heavy atom. The van der Waals surface area contributed by atoms with Crippen molar-refractivity contribution in [2.75, 3.05) is 41.7 Å². The van der Waals surface area contributed by atoms with Crippen LogP contribution < -0.4 is 15.5 Å². The summed E-state index contributed by atoms with van der Waals surface area (Å²) in [5.74, 6) is 0.0803. The molecule has 3 rings (SSSR count). The summed E-state index contributed by atoms with van der Waals surface area (Å²) in [6.45, 7) is 7.02. The first-order chi connectivity index (χ1) is 15.1. The first-order valence-electron chi connectivity index (χ1n) is 10.1. The zero-order valence-electron chi connectivity index (χ0n) is 18.2. The average Bonchev–Trinajstić information content (AvgIpc) is 2.74. The number of anilines is 3. The second-order valence-electron chi connectivity index (χ2n) is 8.14. The van der Waals surface area contributed by atoms with E-state index in [4.69, 9.17) is 9.84 Å². The predicted octanol–water partition coefficient (Wildman–Crippen LogP) is 2.88. The van der Waals surface area contributed by atoms with E-state index >= 15 is 0 Å². The molecule has 11 nitrogen and oxygen atoms in total. The fourth-order valence-electron chi connectivity index (χ4n) is 3.03. The summed E-state index contributed by atoms with van der Waals surface area (Å²) in [5.41, 5.74) is 0.222. The van der Waals surface area contributed by atoms with Gasteiger partial charge in [0.25, 0.3) is 5.91 Å². The summed E-state index contributed by atoms with van der Waals surface area (Å²) in [4.78, 5) is 47.5. The van der Waals surface area contributed by atoms with Crippen LogP contribution in [0.4, 0.5) is 26.8 Å². The van der Waals surface area contributed by atoms with Gasteiger partial charge in [-0.25, -0.2) is 19.6 Å². The number of piperazine rings is 1. The van der Waals surface area contributed by atoms with Crippen molar-refractivity contribution < 1.29 is 24.2 Å². The maximum absolute atomic E-state index is 12.6. The monoisotopic (exact) mass is 442 g/mol. The molecule has 1 aliphatic heterocycles. The van der Waals surface area contributed by atoms with Gasteiger partial charge in [0.2, 0.25) is 0 Å². The Balaban J connectivity index is 1.63. The summed E-state index contributed by atoms with van der Waals surface area (Å²) in [7, 11) is 0. The lowest BCUT2D eigenvalue weighted by Crippen LogP contribution is -2.48. The summed E-state index contributed by atoms with van der Waals surface area (Å²) >= 11 is 0. The molecule has 1 aromatic heterocycles. The van der Waals surface area contributed by atoms with Crippen LogP contribution in [0.3, 0.4) is 0 Å². The molecular formula is C21H26N6O5. The molecule has 3 amide bonds. The molecule has 32 heavy (non-hydrogen) atoms. The van der Waals surface area contributed by atoms with Crippen molar-refractivity contribution in [2.45, 2.75) is 26.4 Å². The fraction of sp³-hybridized carbons (Fsp3) is 0.381.